The first-order valence-electron chi connectivity index (χ1n) is 6.32. The van der Waals surface area contributed by atoms with Crippen molar-refractivity contribution in [2.75, 3.05) is 6.79 Å². The lowest BCUT2D eigenvalue weighted by atomic mass is 10.0. The number of nitrogens with zero attached hydrogens (tertiary/aromatic N) is 2. The van der Waals surface area contributed by atoms with Crippen LogP contribution in [0, 0.1) is 6.92 Å². The smallest absolute Gasteiger partial charge is 0.231 e. The van der Waals surface area contributed by atoms with Gasteiger partial charge in [-0.05, 0) is 24.6 Å². The Morgan fingerprint density at radius 3 is 2.85 bits per heavy atom. The van der Waals surface area contributed by atoms with Gasteiger partial charge in [0.1, 0.15) is 5.15 Å². The van der Waals surface area contributed by atoms with E-state index < -0.39 is 6.10 Å². The molecule has 1 aliphatic rings. The molecule has 1 aromatic carbocycles. The lowest BCUT2D eigenvalue weighted by molar-refractivity contribution is 0.171. The van der Waals surface area contributed by atoms with E-state index in [0.29, 0.717) is 23.1 Å². The second-order valence-corrected chi connectivity index (χ2v) is 5.17. The van der Waals surface area contributed by atoms with Gasteiger partial charge in [-0.1, -0.05) is 17.7 Å². The van der Waals surface area contributed by atoms with E-state index in [1.54, 1.807) is 23.9 Å². The van der Waals surface area contributed by atoms with Crippen LogP contribution in [-0.2, 0) is 13.5 Å². The molecule has 0 fully saturated rings. The fraction of sp³-hybridized carbons (Fsp3) is 0.357. The molecular weight excluding hydrogens is 280 g/mol. The molecule has 0 saturated heterocycles. The normalized spacial score (nSPS) is 14.6. The largest absolute Gasteiger partial charge is 0.454 e. The van der Waals surface area contributed by atoms with Gasteiger partial charge in [0.15, 0.2) is 11.5 Å². The van der Waals surface area contributed by atoms with Gasteiger partial charge in [0, 0.05) is 19.0 Å². The number of aryl methyl sites for hydroxylation is 2. The molecule has 0 amide bonds. The molecule has 5 nitrogen and oxygen atoms in total. The van der Waals surface area contributed by atoms with E-state index in [4.69, 9.17) is 21.1 Å². The highest BCUT2D eigenvalue weighted by Crippen LogP contribution is 2.35. The van der Waals surface area contributed by atoms with Crippen molar-refractivity contribution in [1.82, 2.24) is 9.78 Å². The van der Waals surface area contributed by atoms with Crippen molar-refractivity contribution >= 4 is 11.6 Å². The Bertz CT molecular complexity index is 654. The maximum Gasteiger partial charge on any atom is 0.231 e. The van der Waals surface area contributed by atoms with Gasteiger partial charge in [0.05, 0.1) is 11.8 Å². The van der Waals surface area contributed by atoms with Gasteiger partial charge in [-0.15, -0.1) is 0 Å². The van der Waals surface area contributed by atoms with E-state index in [-0.39, 0.29) is 6.79 Å². The second-order valence-electron chi connectivity index (χ2n) is 4.81. The highest BCUT2D eigenvalue weighted by atomic mass is 35.5. The molecule has 0 saturated carbocycles. The second kappa shape index (κ2) is 5.00. The summed E-state index contributed by atoms with van der Waals surface area (Å²) >= 11 is 6.18. The Kier molecular flexibility index (Phi) is 3.31. The zero-order valence-corrected chi connectivity index (χ0v) is 12.0. The summed E-state index contributed by atoms with van der Waals surface area (Å²) in [4.78, 5) is 0. The summed E-state index contributed by atoms with van der Waals surface area (Å²) in [6.45, 7) is 2.11. The first kappa shape index (κ1) is 13.3. The number of fused-ring (bicyclic) bond motifs is 1. The van der Waals surface area contributed by atoms with Crippen molar-refractivity contribution in [2.45, 2.75) is 19.4 Å². The molecule has 2 aromatic rings. The molecular formula is C14H15ClN2O3. The van der Waals surface area contributed by atoms with Gasteiger partial charge < -0.3 is 14.6 Å². The third-order valence-electron chi connectivity index (χ3n) is 3.45. The number of aliphatic hydroxyl groups excluding tert-OH is 1. The summed E-state index contributed by atoms with van der Waals surface area (Å²) in [7, 11) is 1.78. The van der Waals surface area contributed by atoms with Crippen molar-refractivity contribution < 1.29 is 14.6 Å². The van der Waals surface area contributed by atoms with E-state index in [2.05, 4.69) is 5.10 Å². The number of rotatable bonds is 3. The third-order valence-corrected chi connectivity index (χ3v) is 3.92. The Hall–Kier alpha value is -1.72. The summed E-state index contributed by atoms with van der Waals surface area (Å²) in [6.07, 6.45) is -0.247. The molecule has 106 valence electrons. The molecule has 20 heavy (non-hydrogen) atoms. The van der Waals surface area contributed by atoms with E-state index in [0.717, 1.165) is 16.8 Å². The summed E-state index contributed by atoms with van der Waals surface area (Å²) in [5.74, 6) is 1.37. The van der Waals surface area contributed by atoms with E-state index >= 15 is 0 Å². The number of benzene rings is 1. The van der Waals surface area contributed by atoms with Crippen LogP contribution in [0.4, 0.5) is 0 Å². The van der Waals surface area contributed by atoms with E-state index in [1.165, 1.54) is 0 Å². The van der Waals surface area contributed by atoms with Crippen LogP contribution in [0.2, 0.25) is 5.15 Å². The minimum Gasteiger partial charge on any atom is -0.454 e. The van der Waals surface area contributed by atoms with Crippen LogP contribution in [0.15, 0.2) is 18.2 Å². The minimum atomic E-state index is -0.662. The lowest BCUT2D eigenvalue weighted by Gasteiger charge is -2.11. The van der Waals surface area contributed by atoms with Crippen LogP contribution in [-0.4, -0.2) is 21.7 Å². The predicted molar refractivity (Wildman–Crippen MR) is 74.2 cm³/mol. The topological polar surface area (TPSA) is 56.5 Å². The number of aromatic nitrogens is 2. The number of hydrogen-bond donors (Lipinski definition) is 1. The van der Waals surface area contributed by atoms with Gasteiger partial charge in [-0.2, -0.15) is 5.10 Å². The van der Waals surface area contributed by atoms with Crippen molar-refractivity contribution in [3.63, 3.8) is 0 Å². The zero-order chi connectivity index (χ0) is 14.3. The van der Waals surface area contributed by atoms with Gasteiger partial charge in [0.25, 0.3) is 0 Å². The van der Waals surface area contributed by atoms with Crippen LogP contribution in [0.1, 0.15) is 22.9 Å². The molecule has 0 spiro atoms. The first-order chi connectivity index (χ1) is 9.56. The van der Waals surface area contributed by atoms with Crippen molar-refractivity contribution in [2.24, 2.45) is 7.05 Å². The Labute approximate surface area is 121 Å². The fourth-order valence-corrected chi connectivity index (χ4v) is 2.59. The number of ether oxygens (including phenoxy) is 2. The van der Waals surface area contributed by atoms with Crippen LogP contribution < -0.4 is 9.47 Å². The molecule has 1 N–H and O–H groups in total. The molecule has 2 heterocycles. The summed E-state index contributed by atoms with van der Waals surface area (Å²) in [5.41, 5.74) is 2.46. The van der Waals surface area contributed by atoms with Gasteiger partial charge in [0.2, 0.25) is 6.79 Å². The molecule has 1 aliphatic heterocycles. The minimum absolute atomic E-state index is 0.225. The molecule has 0 aliphatic carbocycles. The SMILES string of the molecule is Cc1nn(C)c(Cl)c1CC(O)c1ccc2c(c1)OCO2. The maximum atomic E-state index is 10.4. The van der Waals surface area contributed by atoms with E-state index in [9.17, 15) is 5.11 Å². The Morgan fingerprint density at radius 2 is 2.15 bits per heavy atom. The lowest BCUT2D eigenvalue weighted by Crippen LogP contribution is -2.03. The molecule has 0 radical (unpaired) electrons. The van der Waals surface area contributed by atoms with E-state index in [1.807, 2.05) is 13.0 Å². The van der Waals surface area contributed by atoms with Gasteiger partial charge in [-0.3, -0.25) is 4.68 Å². The highest BCUT2D eigenvalue weighted by molar-refractivity contribution is 6.30. The number of aliphatic hydroxyl groups is 1. The standard InChI is InChI=1S/C14H15ClN2O3/c1-8-10(14(15)17(2)16-8)6-11(18)9-3-4-12-13(5-9)20-7-19-12/h3-5,11,18H,6-7H2,1-2H3. The zero-order valence-electron chi connectivity index (χ0n) is 11.3. The summed E-state index contributed by atoms with van der Waals surface area (Å²) in [6, 6.07) is 5.43. The fourth-order valence-electron chi connectivity index (χ4n) is 2.34. The molecule has 6 heteroatoms. The monoisotopic (exact) mass is 294 g/mol. The Balaban J connectivity index is 1.84. The summed E-state index contributed by atoms with van der Waals surface area (Å²) < 4.78 is 12.2. The third kappa shape index (κ3) is 2.23. The predicted octanol–water partition coefficient (Wildman–Crippen LogP) is 2.39. The molecule has 3 rings (SSSR count). The Morgan fingerprint density at radius 1 is 1.40 bits per heavy atom. The first-order valence-corrected chi connectivity index (χ1v) is 6.69. The highest BCUT2D eigenvalue weighted by Gasteiger charge is 2.20. The average molecular weight is 295 g/mol. The molecule has 1 unspecified atom stereocenters. The quantitative estimate of drug-likeness (QED) is 0.944. The van der Waals surface area contributed by atoms with Crippen molar-refractivity contribution in [3.8, 4) is 11.5 Å². The van der Waals surface area contributed by atoms with Crippen molar-refractivity contribution in [3.05, 3.63) is 40.2 Å². The van der Waals surface area contributed by atoms with Crippen LogP contribution in [0.3, 0.4) is 0 Å². The van der Waals surface area contributed by atoms with Crippen LogP contribution in [0.5, 0.6) is 11.5 Å². The molecule has 1 atom stereocenters. The number of halogens is 1. The number of hydrogen-bond acceptors (Lipinski definition) is 4. The maximum absolute atomic E-state index is 10.4. The van der Waals surface area contributed by atoms with Crippen LogP contribution in [0.25, 0.3) is 0 Å². The van der Waals surface area contributed by atoms with Gasteiger partial charge in [-0.25, -0.2) is 0 Å². The van der Waals surface area contributed by atoms with Gasteiger partial charge >= 0.3 is 0 Å². The molecule has 0 bridgehead atoms. The average Bonchev–Trinajstić information content (AvgIpc) is 2.98. The van der Waals surface area contributed by atoms with Crippen LogP contribution >= 0.6 is 11.6 Å². The molecule has 1 aromatic heterocycles. The summed E-state index contributed by atoms with van der Waals surface area (Å²) in [5, 5.41) is 15.2. The van der Waals surface area contributed by atoms with Crippen molar-refractivity contribution in [1.29, 1.82) is 0 Å².